The number of rotatable bonds is 7. The zero-order chi connectivity index (χ0) is 27.6. The maximum Gasteiger partial charge on any atom is 0.339 e. The van der Waals surface area contributed by atoms with Gasteiger partial charge < -0.3 is 15.2 Å². The number of primary sulfonamides is 1. The molecule has 0 heterocycles. The van der Waals surface area contributed by atoms with Crippen LogP contribution in [0.2, 0.25) is 0 Å². The van der Waals surface area contributed by atoms with E-state index in [0.29, 0.717) is 22.4 Å². The van der Waals surface area contributed by atoms with Gasteiger partial charge in [-0.15, -0.1) is 0 Å². The molecule has 0 unspecified atom stereocenters. The molecule has 8 nitrogen and oxygen atoms in total. The van der Waals surface area contributed by atoms with Crippen molar-refractivity contribution in [3.63, 3.8) is 0 Å². The van der Waals surface area contributed by atoms with Crippen molar-refractivity contribution in [3.8, 4) is 22.6 Å². The molecule has 4 N–H and O–H groups in total. The van der Waals surface area contributed by atoms with Gasteiger partial charge in [-0.1, -0.05) is 66.7 Å². The minimum Gasteiger partial charge on any atom is -0.478 e. The van der Waals surface area contributed by atoms with Gasteiger partial charge in [0.25, 0.3) is 5.91 Å². The summed E-state index contributed by atoms with van der Waals surface area (Å²) in [7, 11) is -3.93. The van der Waals surface area contributed by atoms with E-state index in [4.69, 9.17) is 9.88 Å². The highest BCUT2D eigenvalue weighted by atomic mass is 32.2. The van der Waals surface area contributed by atoms with Crippen LogP contribution in [0.5, 0.6) is 11.5 Å². The molecule has 5 rings (SSSR count). The monoisotopic (exact) mass is 538 g/mol. The molecule has 39 heavy (non-hydrogen) atoms. The lowest BCUT2D eigenvalue weighted by molar-refractivity contribution is 0.0694. The summed E-state index contributed by atoms with van der Waals surface area (Å²) in [4.78, 5) is 25.0. The maximum atomic E-state index is 13.1. The summed E-state index contributed by atoms with van der Waals surface area (Å²) < 4.78 is 29.9. The molecular weight excluding hydrogens is 516 g/mol. The Hall–Kier alpha value is -4.99. The van der Waals surface area contributed by atoms with Gasteiger partial charge in [-0.05, 0) is 58.8 Å². The number of ether oxygens (including phenoxy) is 1. The topological polar surface area (TPSA) is 136 Å². The summed E-state index contributed by atoms with van der Waals surface area (Å²) in [5, 5.41) is 19.5. The highest BCUT2D eigenvalue weighted by Crippen LogP contribution is 2.34. The van der Waals surface area contributed by atoms with E-state index in [1.807, 2.05) is 24.3 Å². The highest BCUT2D eigenvalue weighted by molar-refractivity contribution is 7.89. The summed E-state index contributed by atoms with van der Waals surface area (Å²) in [5.41, 5.74) is 1.66. The first-order valence-corrected chi connectivity index (χ1v) is 13.3. The molecule has 0 radical (unpaired) electrons. The molecule has 0 spiro atoms. The SMILES string of the molecule is NS(=O)(=O)c1ccccc1-c1ccc(C(=O)Nc2ccccc2Oc2cc3ccccc3cc2C(=O)O)cc1. The fraction of sp³-hybridized carbons (Fsp3) is 0. The Morgan fingerprint density at radius 2 is 1.36 bits per heavy atom. The van der Waals surface area contributed by atoms with Gasteiger partial charge in [-0.2, -0.15) is 0 Å². The Labute approximate surface area is 224 Å². The highest BCUT2D eigenvalue weighted by Gasteiger charge is 2.18. The number of benzene rings is 5. The molecule has 0 atom stereocenters. The van der Waals surface area contributed by atoms with Crippen LogP contribution in [0, 0.1) is 0 Å². The molecule has 1 amide bonds. The van der Waals surface area contributed by atoms with Crippen LogP contribution in [0.3, 0.4) is 0 Å². The number of carbonyl (C=O) groups is 2. The third kappa shape index (κ3) is 5.49. The summed E-state index contributed by atoms with van der Waals surface area (Å²) in [6, 6.07) is 30.0. The smallest absolute Gasteiger partial charge is 0.339 e. The number of nitrogens with one attached hydrogen (secondary N) is 1. The summed E-state index contributed by atoms with van der Waals surface area (Å²) in [5.74, 6) is -1.17. The van der Waals surface area contributed by atoms with Crippen LogP contribution in [0.15, 0.2) is 114 Å². The van der Waals surface area contributed by atoms with Gasteiger partial charge in [-0.25, -0.2) is 18.4 Å². The number of sulfonamides is 1. The third-order valence-electron chi connectivity index (χ3n) is 6.09. The van der Waals surface area contributed by atoms with Crippen molar-refractivity contribution >= 4 is 38.4 Å². The van der Waals surface area contributed by atoms with Crippen LogP contribution < -0.4 is 15.2 Å². The van der Waals surface area contributed by atoms with Crippen molar-refractivity contribution in [1.82, 2.24) is 0 Å². The van der Waals surface area contributed by atoms with Gasteiger partial charge in [0.05, 0.1) is 10.6 Å². The standard InChI is InChI=1S/C30H22N2O6S/c31-39(36,37)28-12-6-3-9-23(28)19-13-15-20(16-14-19)29(33)32-25-10-4-5-11-26(25)38-27-18-22-8-2-1-7-21(22)17-24(27)30(34)35/h1-18H,(H,32,33)(H,34,35)(H2,31,36,37). The fourth-order valence-corrected chi connectivity index (χ4v) is 4.96. The van der Waals surface area contributed by atoms with E-state index < -0.39 is 21.9 Å². The zero-order valence-corrected chi connectivity index (χ0v) is 21.2. The van der Waals surface area contributed by atoms with Gasteiger partial charge in [0.1, 0.15) is 11.3 Å². The van der Waals surface area contributed by atoms with E-state index in [2.05, 4.69) is 5.32 Å². The molecule has 5 aromatic carbocycles. The number of amides is 1. The minimum absolute atomic E-state index is 0.00908. The van der Waals surface area contributed by atoms with Crippen LogP contribution in [-0.4, -0.2) is 25.4 Å². The average molecular weight is 539 g/mol. The zero-order valence-electron chi connectivity index (χ0n) is 20.4. The number of hydrogen-bond acceptors (Lipinski definition) is 5. The molecule has 0 aliphatic carbocycles. The second-order valence-corrected chi connectivity index (χ2v) is 10.2. The second kappa shape index (κ2) is 10.4. The summed E-state index contributed by atoms with van der Waals surface area (Å²) in [6.45, 7) is 0. The van der Waals surface area contributed by atoms with Crippen LogP contribution in [0.4, 0.5) is 5.69 Å². The lowest BCUT2D eigenvalue weighted by Crippen LogP contribution is -2.14. The third-order valence-corrected chi connectivity index (χ3v) is 7.05. The largest absolute Gasteiger partial charge is 0.478 e. The Bertz CT molecular complexity index is 1830. The van der Waals surface area contributed by atoms with Crippen LogP contribution in [0.25, 0.3) is 21.9 Å². The number of fused-ring (bicyclic) bond motifs is 1. The lowest BCUT2D eigenvalue weighted by Gasteiger charge is -2.15. The van der Waals surface area contributed by atoms with Gasteiger partial charge in [-0.3, -0.25) is 4.79 Å². The molecule has 0 saturated carbocycles. The van der Waals surface area contributed by atoms with E-state index in [9.17, 15) is 23.1 Å². The predicted molar refractivity (Wildman–Crippen MR) is 149 cm³/mol. The minimum atomic E-state index is -3.93. The van der Waals surface area contributed by atoms with Gasteiger partial charge in [0, 0.05) is 11.1 Å². The van der Waals surface area contributed by atoms with Gasteiger partial charge >= 0.3 is 5.97 Å². The van der Waals surface area contributed by atoms with Crippen molar-refractivity contribution in [1.29, 1.82) is 0 Å². The number of carboxylic acid groups (broad SMARTS) is 1. The molecule has 0 bridgehead atoms. The molecular formula is C30H22N2O6S. The summed E-state index contributed by atoms with van der Waals surface area (Å²) in [6.07, 6.45) is 0. The number of hydrogen-bond donors (Lipinski definition) is 3. The van der Waals surface area contributed by atoms with Crippen LogP contribution >= 0.6 is 0 Å². The second-order valence-electron chi connectivity index (χ2n) is 8.67. The number of aromatic carboxylic acids is 1. The van der Waals surface area contributed by atoms with Crippen molar-refractivity contribution in [2.24, 2.45) is 5.14 Å². The fourth-order valence-electron chi connectivity index (χ4n) is 4.20. The van der Waals surface area contributed by atoms with Crippen molar-refractivity contribution < 1.29 is 27.9 Å². The quantitative estimate of drug-likeness (QED) is 0.236. The molecule has 0 saturated heterocycles. The Morgan fingerprint density at radius 3 is 2.05 bits per heavy atom. The summed E-state index contributed by atoms with van der Waals surface area (Å²) >= 11 is 0. The number of carbonyl (C=O) groups excluding carboxylic acids is 1. The Kier molecular flexibility index (Phi) is 6.84. The van der Waals surface area contributed by atoms with E-state index >= 15 is 0 Å². The Morgan fingerprint density at radius 1 is 0.744 bits per heavy atom. The molecule has 194 valence electrons. The Balaban J connectivity index is 1.41. The normalized spacial score (nSPS) is 11.2. The predicted octanol–water partition coefficient (Wildman–Crippen LogP) is 5.90. The molecule has 0 fully saturated rings. The van der Waals surface area contributed by atoms with Gasteiger partial charge in [0.15, 0.2) is 5.75 Å². The number of nitrogens with two attached hydrogens (primary N) is 1. The van der Waals surface area contributed by atoms with Crippen molar-refractivity contribution in [3.05, 3.63) is 120 Å². The van der Waals surface area contributed by atoms with Crippen LogP contribution in [-0.2, 0) is 10.0 Å². The van der Waals surface area contributed by atoms with E-state index in [-0.39, 0.29) is 22.0 Å². The number of anilines is 1. The maximum absolute atomic E-state index is 13.1. The first kappa shape index (κ1) is 25.7. The van der Waals surface area contributed by atoms with Crippen molar-refractivity contribution in [2.75, 3.05) is 5.32 Å². The molecule has 5 aromatic rings. The van der Waals surface area contributed by atoms with E-state index in [1.165, 1.54) is 6.07 Å². The molecule has 0 aliphatic heterocycles. The van der Waals surface area contributed by atoms with Crippen LogP contribution in [0.1, 0.15) is 20.7 Å². The van der Waals surface area contributed by atoms with E-state index in [1.54, 1.807) is 78.9 Å². The van der Waals surface area contributed by atoms with E-state index in [0.717, 1.165) is 10.8 Å². The first-order valence-electron chi connectivity index (χ1n) is 11.8. The van der Waals surface area contributed by atoms with Gasteiger partial charge in [0.2, 0.25) is 10.0 Å². The number of para-hydroxylation sites is 2. The molecule has 9 heteroatoms. The van der Waals surface area contributed by atoms with Crippen molar-refractivity contribution in [2.45, 2.75) is 4.90 Å². The lowest BCUT2D eigenvalue weighted by atomic mass is 10.0. The molecule has 0 aromatic heterocycles. The first-order chi connectivity index (χ1) is 18.7. The number of carboxylic acids is 1. The molecule has 0 aliphatic rings. The average Bonchev–Trinajstić information content (AvgIpc) is 2.93.